The summed E-state index contributed by atoms with van der Waals surface area (Å²) in [5, 5.41) is 20.4. The summed E-state index contributed by atoms with van der Waals surface area (Å²) in [6, 6.07) is 11.9. The Morgan fingerprint density at radius 2 is 1.94 bits per heavy atom. The van der Waals surface area contributed by atoms with Crippen molar-refractivity contribution in [1.82, 2.24) is 14.9 Å². The van der Waals surface area contributed by atoms with Crippen LogP contribution in [0.2, 0.25) is 0 Å². The van der Waals surface area contributed by atoms with Crippen LogP contribution in [0.25, 0.3) is 11.4 Å². The number of hydrogen-bond donors (Lipinski definition) is 5. The lowest BCUT2D eigenvalue weighted by Crippen LogP contribution is -2.28. The number of aromatic nitrogens is 2. The Labute approximate surface area is 208 Å². The van der Waals surface area contributed by atoms with Crippen LogP contribution >= 0.6 is 11.9 Å². The van der Waals surface area contributed by atoms with Gasteiger partial charge in [0.25, 0.3) is 0 Å². The summed E-state index contributed by atoms with van der Waals surface area (Å²) in [5.41, 5.74) is 8.43. The van der Waals surface area contributed by atoms with Gasteiger partial charge in [-0.3, -0.25) is 0 Å². The number of nitrogens with two attached hydrogens (primary N) is 1. The number of halogens is 1. The van der Waals surface area contributed by atoms with Crippen LogP contribution in [0.5, 0.6) is 5.75 Å². The molecule has 0 fully saturated rings. The molecule has 35 heavy (non-hydrogen) atoms. The molecular weight excluding hydrogens is 469 g/mol. The number of methoxy groups -OCH3 is 1. The predicted octanol–water partition coefficient (Wildman–Crippen LogP) is 3.72. The first kappa shape index (κ1) is 26.2. The third-order valence-corrected chi connectivity index (χ3v) is 6.01. The summed E-state index contributed by atoms with van der Waals surface area (Å²) in [7, 11) is 3.45. The van der Waals surface area contributed by atoms with Gasteiger partial charge in [-0.15, -0.1) is 0 Å². The number of anilines is 3. The number of rotatable bonds is 12. The van der Waals surface area contributed by atoms with Crippen LogP contribution in [0.15, 0.2) is 47.4 Å². The van der Waals surface area contributed by atoms with Gasteiger partial charge in [-0.25, -0.2) is 14.4 Å². The zero-order valence-corrected chi connectivity index (χ0v) is 20.7. The maximum atomic E-state index is 14.1. The van der Waals surface area contributed by atoms with E-state index < -0.39 is 0 Å². The Morgan fingerprint density at radius 1 is 1.20 bits per heavy atom. The molecule has 0 saturated carbocycles. The Morgan fingerprint density at radius 3 is 2.60 bits per heavy atom. The van der Waals surface area contributed by atoms with Crippen LogP contribution in [0.4, 0.5) is 21.7 Å². The molecule has 2 aromatic carbocycles. The van der Waals surface area contributed by atoms with Gasteiger partial charge in [0.1, 0.15) is 23.2 Å². The fraction of sp³-hybridized carbons (Fsp3) is 0.292. The molecule has 1 aromatic heterocycles. The molecule has 0 unspecified atom stereocenters. The van der Waals surface area contributed by atoms with E-state index in [1.165, 1.54) is 13.2 Å². The first-order valence-corrected chi connectivity index (χ1v) is 11.8. The summed E-state index contributed by atoms with van der Waals surface area (Å²) >= 11 is 1.15. The molecule has 0 spiro atoms. The summed E-state index contributed by atoms with van der Waals surface area (Å²) in [5.74, 6) is 1.38. The molecule has 11 heteroatoms. The van der Waals surface area contributed by atoms with Gasteiger partial charge in [-0.05, 0) is 68.4 Å². The van der Waals surface area contributed by atoms with Crippen molar-refractivity contribution in [2.75, 3.05) is 56.2 Å². The van der Waals surface area contributed by atoms with Crippen LogP contribution in [0.1, 0.15) is 12.5 Å². The van der Waals surface area contributed by atoms with E-state index in [1.54, 1.807) is 19.1 Å². The highest BCUT2D eigenvalue weighted by atomic mass is 32.2. The van der Waals surface area contributed by atoms with E-state index in [9.17, 15) is 4.39 Å². The zero-order valence-electron chi connectivity index (χ0n) is 19.9. The van der Waals surface area contributed by atoms with E-state index >= 15 is 0 Å². The van der Waals surface area contributed by atoms with E-state index in [0.29, 0.717) is 47.5 Å². The lowest BCUT2D eigenvalue weighted by atomic mass is 10.1. The average Bonchev–Trinajstić information content (AvgIpc) is 2.83. The number of hydrogen-bond acceptors (Lipinski definition) is 10. The Hall–Kier alpha value is -3.41. The molecule has 1 heterocycles. The van der Waals surface area contributed by atoms with Crippen LogP contribution in [0.3, 0.4) is 0 Å². The van der Waals surface area contributed by atoms with Gasteiger partial charge in [0.2, 0.25) is 0 Å². The van der Waals surface area contributed by atoms with Crippen molar-refractivity contribution in [2.24, 2.45) is 0 Å². The summed E-state index contributed by atoms with van der Waals surface area (Å²) < 4.78 is 22.3. The monoisotopic (exact) mass is 499 g/mol. The number of nitrogens with one attached hydrogen (secondary N) is 3. The normalized spacial score (nSPS) is 10.9. The molecule has 186 valence electrons. The maximum Gasteiger partial charge on any atom is 0.163 e. The van der Waals surface area contributed by atoms with E-state index in [-0.39, 0.29) is 24.0 Å². The summed E-state index contributed by atoms with van der Waals surface area (Å²) in [6.45, 7) is 3.54. The Bertz CT molecular complexity index is 1160. The van der Waals surface area contributed by atoms with Crippen molar-refractivity contribution in [2.45, 2.75) is 11.8 Å². The van der Waals surface area contributed by atoms with E-state index in [4.69, 9.17) is 21.0 Å². The highest BCUT2D eigenvalue weighted by molar-refractivity contribution is 8.00. The second-order valence-corrected chi connectivity index (χ2v) is 8.66. The maximum absolute atomic E-state index is 14.1. The fourth-order valence-corrected chi connectivity index (χ4v) is 3.95. The van der Waals surface area contributed by atoms with Gasteiger partial charge in [0.05, 0.1) is 24.2 Å². The minimum Gasteiger partial charge on any atom is -0.497 e. The quantitative estimate of drug-likeness (QED) is 0.187. The highest BCUT2D eigenvalue weighted by Crippen LogP contribution is 2.29. The van der Waals surface area contributed by atoms with Gasteiger partial charge in [-0.1, -0.05) is 0 Å². The van der Waals surface area contributed by atoms with E-state index in [0.717, 1.165) is 23.2 Å². The molecule has 0 radical (unpaired) electrons. The van der Waals surface area contributed by atoms with Crippen LogP contribution < -0.4 is 20.5 Å². The minimum atomic E-state index is -0.340. The molecular formula is C24H30FN7O2S. The third-order valence-electron chi connectivity index (χ3n) is 5.14. The average molecular weight is 500 g/mol. The first-order valence-electron chi connectivity index (χ1n) is 11.0. The SMILES string of the molecule is COc1ccc(F)c(SNc2ccc(-c3nc(N)c(C(C)=N)c(NCCN(C)CCO)n3)cc2)c1. The number of nitrogens with zero attached hydrogens (tertiary/aromatic N) is 3. The molecule has 6 N–H and O–H groups in total. The molecule has 0 bridgehead atoms. The second kappa shape index (κ2) is 12.3. The number of benzene rings is 2. The predicted molar refractivity (Wildman–Crippen MR) is 140 cm³/mol. The molecule has 0 aliphatic carbocycles. The number of nitrogen functional groups attached to an aromatic ring is 1. The van der Waals surface area contributed by atoms with E-state index in [2.05, 4.69) is 20.0 Å². The van der Waals surface area contributed by atoms with Gasteiger partial charge in [0, 0.05) is 36.6 Å². The molecule has 3 rings (SSSR count). The van der Waals surface area contributed by atoms with Crippen molar-refractivity contribution in [1.29, 1.82) is 5.41 Å². The van der Waals surface area contributed by atoms with Crippen molar-refractivity contribution in [3.8, 4) is 17.1 Å². The molecule has 9 nitrogen and oxygen atoms in total. The first-order chi connectivity index (χ1) is 16.8. The largest absolute Gasteiger partial charge is 0.497 e. The van der Waals surface area contributed by atoms with Crippen molar-refractivity contribution < 1.29 is 14.2 Å². The van der Waals surface area contributed by atoms with E-state index in [1.807, 2.05) is 36.2 Å². The van der Waals surface area contributed by atoms with Gasteiger partial charge >= 0.3 is 0 Å². The van der Waals surface area contributed by atoms with Gasteiger partial charge in [-0.2, -0.15) is 0 Å². The number of likely N-dealkylation sites (N-methyl/N-ethyl adjacent to an activating group) is 1. The smallest absolute Gasteiger partial charge is 0.163 e. The zero-order chi connectivity index (χ0) is 25.4. The number of ether oxygens (including phenoxy) is 1. The fourth-order valence-electron chi connectivity index (χ4n) is 3.24. The molecule has 3 aromatic rings. The number of aliphatic hydroxyl groups is 1. The third kappa shape index (κ3) is 7.04. The van der Waals surface area contributed by atoms with Gasteiger partial charge < -0.3 is 35.9 Å². The molecule has 0 saturated heterocycles. The lowest BCUT2D eigenvalue weighted by Gasteiger charge is -2.18. The Kier molecular flexibility index (Phi) is 9.24. The molecule has 0 atom stereocenters. The Balaban J connectivity index is 1.75. The van der Waals surface area contributed by atoms with Crippen molar-refractivity contribution in [3.63, 3.8) is 0 Å². The van der Waals surface area contributed by atoms with Crippen molar-refractivity contribution >= 4 is 35.0 Å². The topological polar surface area (TPSA) is 132 Å². The number of aliphatic hydroxyl groups excluding tert-OH is 1. The highest BCUT2D eigenvalue weighted by Gasteiger charge is 2.16. The van der Waals surface area contributed by atoms with Crippen LogP contribution in [-0.4, -0.2) is 66.1 Å². The van der Waals surface area contributed by atoms with Crippen molar-refractivity contribution in [3.05, 3.63) is 53.8 Å². The standard InChI is InChI=1S/C24H30FN7O2S/c1-15(26)21-22(27)29-23(30-24(21)28-10-11-32(2)12-13-33)16-4-6-17(7-5-16)31-35-20-14-18(34-3)8-9-19(20)25/h4-9,14,26,31,33H,10-13H2,1-3H3,(H3,27,28,29,30). The second-order valence-electron chi connectivity index (χ2n) is 7.81. The minimum absolute atomic E-state index is 0.0871. The van der Waals surface area contributed by atoms with Crippen LogP contribution in [0, 0.1) is 11.2 Å². The lowest BCUT2D eigenvalue weighted by molar-refractivity contribution is 0.225. The summed E-state index contributed by atoms with van der Waals surface area (Å²) in [4.78, 5) is 11.4. The van der Waals surface area contributed by atoms with Crippen LogP contribution in [-0.2, 0) is 0 Å². The summed E-state index contributed by atoms with van der Waals surface area (Å²) in [6.07, 6.45) is 0. The molecule has 0 aliphatic heterocycles. The molecule has 0 amide bonds. The van der Waals surface area contributed by atoms with Gasteiger partial charge in [0.15, 0.2) is 5.82 Å². The molecule has 0 aliphatic rings.